The molecule has 20 heavy (non-hydrogen) atoms. The Morgan fingerprint density at radius 1 is 1.40 bits per heavy atom. The third kappa shape index (κ3) is 3.21. The van der Waals surface area contributed by atoms with Crippen molar-refractivity contribution in [3.8, 4) is 0 Å². The first-order valence-electron chi connectivity index (χ1n) is 6.20. The maximum absolute atomic E-state index is 13.5. The zero-order chi connectivity index (χ0) is 14.7. The molecule has 2 aromatic rings. The SMILES string of the molecule is Cc1ccc(C(C)NCc2ccc([N+](=O)[O-])o2)cc1F. The van der Waals surface area contributed by atoms with Gasteiger partial charge in [-0.15, -0.1) is 0 Å². The molecule has 0 aliphatic carbocycles. The van der Waals surface area contributed by atoms with Gasteiger partial charge >= 0.3 is 5.88 Å². The predicted molar refractivity (Wildman–Crippen MR) is 71.8 cm³/mol. The summed E-state index contributed by atoms with van der Waals surface area (Å²) in [7, 11) is 0. The fraction of sp³-hybridized carbons (Fsp3) is 0.286. The lowest BCUT2D eigenvalue weighted by molar-refractivity contribution is -0.402. The van der Waals surface area contributed by atoms with Gasteiger partial charge in [-0.05, 0) is 37.1 Å². The van der Waals surface area contributed by atoms with Gasteiger partial charge in [-0.25, -0.2) is 4.39 Å². The number of hydrogen-bond acceptors (Lipinski definition) is 4. The van der Waals surface area contributed by atoms with Gasteiger partial charge in [-0.1, -0.05) is 12.1 Å². The molecule has 1 heterocycles. The van der Waals surface area contributed by atoms with Crippen molar-refractivity contribution >= 4 is 5.88 Å². The van der Waals surface area contributed by atoms with Crippen LogP contribution in [0, 0.1) is 22.9 Å². The second-order valence-corrected chi connectivity index (χ2v) is 4.61. The molecule has 0 amide bonds. The van der Waals surface area contributed by atoms with Gasteiger partial charge in [0.1, 0.15) is 16.5 Å². The van der Waals surface area contributed by atoms with Crippen LogP contribution in [-0.2, 0) is 6.54 Å². The van der Waals surface area contributed by atoms with Crippen molar-refractivity contribution in [3.05, 3.63) is 63.2 Å². The smallest absolute Gasteiger partial charge is 0.404 e. The minimum Gasteiger partial charge on any atom is -0.404 e. The van der Waals surface area contributed by atoms with E-state index in [-0.39, 0.29) is 17.7 Å². The topological polar surface area (TPSA) is 68.3 Å². The van der Waals surface area contributed by atoms with Crippen molar-refractivity contribution < 1.29 is 13.7 Å². The van der Waals surface area contributed by atoms with Crippen molar-refractivity contribution in [2.24, 2.45) is 0 Å². The molecule has 1 unspecified atom stereocenters. The third-order valence-corrected chi connectivity index (χ3v) is 3.11. The van der Waals surface area contributed by atoms with E-state index in [9.17, 15) is 14.5 Å². The standard InChI is InChI=1S/C14H15FN2O3/c1-9-3-4-11(7-13(9)15)10(2)16-8-12-5-6-14(20-12)17(18)19/h3-7,10,16H,8H2,1-2H3. The van der Waals surface area contributed by atoms with Crippen LogP contribution >= 0.6 is 0 Å². The maximum atomic E-state index is 13.5. The number of nitrogens with one attached hydrogen (secondary N) is 1. The Balaban J connectivity index is 1.98. The molecule has 0 spiro atoms. The van der Waals surface area contributed by atoms with Gasteiger partial charge < -0.3 is 9.73 Å². The highest BCUT2D eigenvalue weighted by atomic mass is 19.1. The highest BCUT2D eigenvalue weighted by molar-refractivity contribution is 5.25. The second kappa shape index (κ2) is 5.83. The molecular formula is C14H15FN2O3. The molecule has 1 aromatic heterocycles. The number of nitro groups is 1. The Labute approximate surface area is 115 Å². The number of halogens is 1. The molecule has 0 radical (unpaired) electrons. The Morgan fingerprint density at radius 2 is 2.15 bits per heavy atom. The van der Waals surface area contributed by atoms with Crippen LogP contribution in [-0.4, -0.2) is 4.92 Å². The number of hydrogen-bond donors (Lipinski definition) is 1. The number of aryl methyl sites for hydroxylation is 1. The number of nitrogens with zero attached hydrogens (tertiary/aromatic N) is 1. The molecule has 0 aliphatic rings. The van der Waals surface area contributed by atoms with Crippen LogP contribution in [0.1, 0.15) is 29.9 Å². The van der Waals surface area contributed by atoms with E-state index < -0.39 is 4.92 Å². The van der Waals surface area contributed by atoms with Gasteiger partial charge in [0.15, 0.2) is 0 Å². The predicted octanol–water partition coefficient (Wildman–Crippen LogP) is 3.49. The van der Waals surface area contributed by atoms with Gasteiger partial charge in [0.05, 0.1) is 12.6 Å². The van der Waals surface area contributed by atoms with E-state index in [4.69, 9.17) is 4.42 Å². The average Bonchev–Trinajstić information content (AvgIpc) is 2.88. The fourth-order valence-corrected chi connectivity index (χ4v) is 1.81. The molecule has 5 nitrogen and oxygen atoms in total. The van der Waals surface area contributed by atoms with E-state index >= 15 is 0 Å². The summed E-state index contributed by atoms with van der Waals surface area (Å²) in [5.74, 6) is -0.0586. The van der Waals surface area contributed by atoms with Crippen molar-refractivity contribution in [1.82, 2.24) is 5.32 Å². The monoisotopic (exact) mass is 278 g/mol. The highest BCUT2D eigenvalue weighted by Crippen LogP contribution is 2.19. The molecule has 1 aromatic carbocycles. The fourth-order valence-electron chi connectivity index (χ4n) is 1.81. The van der Waals surface area contributed by atoms with Crippen LogP contribution < -0.4 is 5.32 Å². The minimum absolute atomic E-state index is 0.0887. The lowest BCUT2D eigenvalue weighted by Crippen LogP contribution is -2.17. The van der Waals surface area contributed by atoms with Crippen LogP contribution in [0.3, 0.4) is 0 Å². The normalized spacial score (nSPS) is 12.3. The van der Waals surface area contributed by atoms with Crippen LogP contribution in [0.4, 0.5) is 10.3 Å². The highest BCUT2D eigenvalue weighted by Gasteiger charge is 2.13. The largest absolute Gasteiger partial charge is 0.433 e. The summed E-state index contributed by atoms with van der Waals surface area (Å²) in [5, 5.41) is 13.6. The summed E-state index contributed by atoms with van der Waals surface area (Å²) in [6, 6.07) is 7.83. The number of benzene rings is 1. The van der Waals surface area contributed by atoms with Gasteiger partial charge in [-0.3, -0.25) is 10.1 Å². The zero-order valence-corrected chi connectivity index (χ0v) is 11.2. The van der Waals surface area contributed by atoms with E-state index in [0.29, 0.717) is 17.9 Å². The van der Waals surface area contributed by atoms with E-state index in [1.807, 2.05) is 13.0 Å². The van der Waals surface area contributed by atoms with E-state index in [0.717, 1.165) is 5.56 Å². The second-order valence-electron chi connectivity index (χ2n) is 4.61. The first kappa shape index (κ1) is 14.2. The van der Waals surface area contributed by atoms with Crippen molar-refractivity contribution in [1.29, 1.82) is 0 Å². The number of furan rings is 1. The third-order valence-electron chi connectivity index (χ3n) is 3.11. The molecule has 0 saturated heterocycles. The molecular weight excluding hydrogens is 263 g/mol. The Hall–Kier alpha value is -2.21. The Bertz CT molecular complexity index is 625. The van der Waals surface area contributed by atoms with E-state index in [2.05, 4.69) is 5.32 Å². The van der Waals surface area contributed by atoms with E-state index in [1.165, 1.54) is 12.1 Å². The lowest BCUT2D eigenvalue weighted by atomic mass is 10.1. The Morgan fingerprint density at radius 3 is 2.75 bits per heavy atom. The maximum Gasteiger partial charge on any atom is 0.433 e. The quantitative estimate of drug-likeness (QED) is 0.671. The summed E-state index contributed by atoms with van der Waals surface area (Å²) >= 11 is 0. The van der Waals surface area contributed by atoms with Crippen molar-refractivity contribution in [2.45, 2.75) is 26.4 Å². The molecule has 0 bridgehead atoms. The van der Waals surface area contributed by atoms with Gasteiger partial charge in [0, 0.05) is 6.04 Å². The van der Waals surface area contributed by atoms with Gasteiger partial charge in [0.2, 0.25) is 0 Å². The number of rotatable bonds is 5. The van der Waals surface area contributed by atoms with Gasteiger partial charge in [-0.2, -0.15) is 0 Å². The molecule has 0 fully saturated rings. The van der Waals surface area contributed by atoms with Crippen LogP contribution in [0.25, 0.3) is 0 Å². The summed E-state index contributed by atoms with van der Waals surface area (Å²) in [6.07, 6.45) is 0. The van der Waals surface area contributed by atoms with Crippen LogP contribution in [0.5, 0.6) is 0 Å². The molecule has 0 saturated carbocycles. The molecule has 6 heteroatoms. The van der Waals surface area contributed by atoms with Crippen LogP contribution in [0.2, 0.25) is 0 Å². The van der Waals surface area contributed by atoms with Crippen molar-refractivity contribution in [2.75, 3.05) is 0 Å². The summed E-state index contributed by atoms with van der Waals surface area (Å²) in [4.78, 5) is 9.91. The minimum atomic E-state index is -0.581. The first-order chi connectivity index (χ1) is 9.47. The zero-order valence-electron chi connectivity index (χ0n) is 11.2. The molecule has 2 rings (SSSR count). The van der Waals surface area contributed by atoms with Crippen molar-refractivity contribution in [3.63, 3.8) is 0 Å². The molecule has 1 atom stereocenters. The first-order valence-corrected chi connectivity index (χ1v) is 6.20. The molecule has 1 N–H and O–H groups in total. The summed E-state index contributed by atoms with van der Waals surface area (Å²) in [6.45, 7) is 3.94. The van der Waals surface area contributed by atoms with E-state index in [1.54, 1.807) is 19.1 Å². The molecule has 106 valence electrons. The van der Waals surface area contributed by atoms with Gasteiger partial charge in [0.25, 0.3) is 0 Å². The molecule has 0 aliphatic heterocycles. The summed E-state index contributed by atoms with van der Waals surface area (Å²) < 4.78 is 18.5. The lowest BCUT2D eigenvalue weighted by Gasteiger charge is -2.13. The average molecular weight is 278 g/mol. The Kier molecular flexibility index (Phi) is 4.14. The van der Waals surface area contributed by atoms with Crippen LogP contribution in [0.15, 0.2) is 34.7 Å². The summed E-state index contributed by atoms with van der Waals surface area (Å²) in [5.41, 5.74) is 1.41.